The summed E-state index contributed by atoms with van der Waals surface area (Å²) >= 11 is 0. The molecule has 3 rings (SSSR count). The van der Waals surface area contributed by atoms with Crippen molar-refractivity contribution in [2.75, 3.05) is 18.0 Å². The summed E-state index contributed by atoms with van der Waals surface area (Å²) in [4.78, 5) is 13.1. The first kappa shape index (κ1) is 16.5. The molecule has 0 bridgehead atoms. The molecule has 126 valence electrons. The molecule has 0 aliphatic carbocycles. The van der Waals surface area contributed by atoms with Crippen molar-refractivity contribution in [3.05, 3.63) is 65.5 Å². The number of carboxylic acids is 1. The molecule has 1 unspecified atom stereocenters. The number of hydrogen-bond acceptors (Lipinski definition) is 3. The molecule has 2 aromatic carbocycles. The van der Waals surface area contributed by atoms with Gasteiger partial charge >= 0.3 is 5.97 Å². The maximum absolute atomic E-state index is 14.0. The molecule has 1 heterocycles. The summed E-state index contributed by atoms with van der Waals surface area (Å²) in [6.07, 6.45) is 2.03. The van der Waals surface area contributed by atoms with E-state index in [0.29, 0.717) is 17.8 Å². The fourth-order valence-corrected chi connectivity index (χ4v) is 3.15. The Balaban J connectivity index is 1.61. The van der Waals surface area contributed by atoms with Crippen LogP contribution in [0.2, 0.25) is 0 Å². The molecule has 0 aromatic heterocycles. The second-order valence-electron chi connectivity index (χ2n) is 6.12. The summed E-state index contributed by atoms with van der Waals surface area (Å²) in [6, 6.07) is 14.1. The monoisotopic (exact) mass is 328 g/mol. The smallest absolute Gasteiger partial charge is 0.335 e. The van der Waals surface area contributed by atoms with Crippen LogP contribution in [0, 0.1) is 5.82 Å². The van der Waals surface area contributed by atoms with Gasteiger partial charge in [-0.2, -0.15) is 0 Å². The molecule has 4 nitrogen and oxygen atoms in total. The molecule has 1 atom stereocenters. The molecule has 0 amide bonds. The molecule has 1 aliphatic heterocycles. The lowest BCUT2D eigenvalue weighted by Gasteiger charge is -2.35. The number of nitrogens with one attached hydrogen (secondary N) is 1. The summed E-state index contributed by atoms with van der Waals surface area (Å²) in [7, 11) is 0. The highest BCUT2D eigenvalue weighted by Gasteiger charge is 2.21. The number of carboxylic acid groups (broad SMARTS) is 1. The van der Waals surface area contributed by atoms with Gasteiger partial charge in [-0.1, -0.05) is 24.3 Å². The van der Waals surface area contributed by atoms with Crippen molar-refractivity contribution in [1.82, 2.24) is 5.32 Å². The summed E-state index contributed by atoms with van der Waals surface area (Å²) in [5, 5.41) is 12.5. The van der Waals surface area contributed by atoms with Crippen LogP contribution in [-0.4, -0.2) is 30.2 Å². The second-order valence-corrected chi connectivity index (χ2v) is 6.12. The van der Waals surface area contributed by atoms with E-state index in [1.54, 1.807) is 24.3 Å². The van der Waals surface area contributed by atoms with Crippen LogP contribution in [0.5, 0.6) is 0 Å². The quantitative estimate of drug-likeness (QED) is 0.884. The lowest BCUT2D eigenvalue weighted by atomic mass is 10.0. The van der Waals surface area contributed by atoms with E-state index in [0.717, 1.165) is 31.5 Å². The maximum Gasteiger partial charge on any atom is 0.335 e. The molecule has 5 heteroatoms. The number of anilines is 1. The van der Waals surface area contributed by atoms with E-state index in [2.05, 4.69) is 10.2 Å². The Morgan fingerprint density at radius 1 is 1.25 bits per heavy atom. The van der Waals surface area contributed by atoms with Crippen LogP contribution >= 0.6 is 0 Å². The van der Waals surface area contributed by atoms with E-state index in [-0.39, 0.29) is 11.9 Å². The fraction of sp³-hybridized carbons (Fsp3) is 0.316. The van der Waals surface area contributed by atoms with Gasteiger partial charge in [-0.3, -0.25) is 0 Å². The Morgan fingerprint density at radius 2 is 2.08 bits per heavy atom. The summed E-state index contributed by atoms with van der Waals surface area (Å²) in [5.74, 6) is -1.10. The van der Waals surface area contributed by atoms with Crippen molar-refractivity contribution in [2.45, 2.75) is 25.4 Å². The van der Waals surface area contributed by atoms with E-state index in [1.807, 2.05) is 18.2 Å². The van der Waals surface area contributed by atoms with Gasteiger partial charge in [0.2, 0.25) is 0 Å². The number of benzene rings is 2. The van der Waals surface area contributed by atoms with Crippen LogP contribution in [0.25, 0.3) is 0 Å². The molecule has 1 saturated heterocycles. The van der Waals surface area contributed by atoms with Crippen molar-refractivity contribution in [3.8, 4) is 0 Å². The third kappa shape index (κ3) is 3.92. The Hall–Kier alpha value is -2.40. The van der Waals surface area contributed by atoms with Crippen LogP contribution in [-0.2, 0) is 6.54 Å². The number of para-hydroxylation sites is 1. The standard InChI is InChI=1S/C19H21FN2O2/c20-17-8-1-2-9-18(17)22-10-4-7-16(13-22)21-12-14-5-3-6-15(11-14)19(23)24/h1-3,5-6,8-9,11,16,21H,4,7,10,12-13H2,(H,23,24). The maximum atomic E-state index is 14.0. The third-order valence-corrected chi connectivity index (χ3v) is 4.38. The number of rotatable bonds is 5. The highest BCUT2D eigenvalue weighted by molar-refractivity contribution is 5.87. The molecule has 0 radical (unpaired) electrons. The highest BCUT2D eigenvalue weighted by Crippen LogP contribution is 2.23. The first-order valence-corrected chi connectivity index (χ1v) is 8.18. The zero-order valence-corrected chi connectivity index (χ0v) is 13.4. The van der Waals surface area contributed by atoms with Crippen LogP contribution in [0.15, 0.2) is 48.5 Å². The molecular formula is C19H21FN2O2. The Bertz CT molecular complexity index is 720. The second kappa shape index (κ2) is 7.45. The zero-order chi connectivity index (χ0) is 16.9. The predicted molar refractivity (Wildman–Crippen MR) is 91.9 cm³/mol. The highest BCUT2D eigenvalue weighted by atomic mass is 19.1. The fourth-order valence-electron chi connectivity index (χ4n) is 3.15. The van der Waals surface area contributed by atoms with Crippen LogP contribution < -0.4 is 10.2 Å². The molecule has 24 heavy (non-hydrogen) atoms. The van der Waals surface area contributed by atoms with E-state index in [1.165, 1.54) is 6.07 Å². The number of hydrogen-bond donors (Lipinski definition) is 2. The van der Waals surface area contributed by atoms with Gasteiger partial charge in [-0.05, 0) is 42.7 Å². The zero-order valence-electron chi connectivity index (χ0n) is 13.4. The number of aromatic carboxylic acids is 1. The molecule has 1 aliphatic rings. The van der Waals surface area contributed by atoms with Gasteiger partial charge in [-0.15, -0.1) is 0 Å². The van der Waals surface area contributed by atoms with E-state index in [4.69, 9.17) is 5.11 Å². The minimum absolute atomic E-state index is 0.188. The lowest BCUT2D eigenvalue weighted by Crippen LogP contribution is -2.45. The number of carbonyl (C=O) groups is 1. The van der Waals surface area contributed by atoms with Gasteiger partial charge < -0.3 is 15.3 Å². The summed E-state index contributed by atoms with van der Waals surface area (Å²) in [6.45, 7) is 2.21. The number of nitrogens with zero attached hydrogens (tertiary/aromatic N) is 1. The van der Waals surface area contributed by atoms with Gasteiger partial charge in [0.1, 0.15) is 5.82 Å². The van der Waals surface area contributed by atoms with Crippen molar-refractivity contribution in [1.29, 1.82) is 0 Å². The topological polar surface area (TPSA) is 52.6 Å². The van der Waals surface area contributed by atoms with Gasteiger partial charge in [0, 0.05) is 25.7 Å². The average molecular weight is 328 g/mol. The van der Waals surface area contributed by atoms with Crippen molar-refractivity contribution < 1.29 is 14.3 Å². The largest absolute Gasteiger partial charge is 0.478 e. The third-order valence-electron chi connectivity index (χ3n) is 4.38. The Morgan fingerprint density at radius 3 is 2.88 bits per heavy atom. The molecule has 2 N–H and O–H groups in total. The SMILES string of the molecule is O=C(O)c1cccc(CNC2CCCN(c3ccccc3F)C2)c1. The van der Waals surface area contributed by atoms with Gasteiger partial charge in [-0.25, -0.2) is 9.18 Å². The van der Waals surface area contributed by atoms with Gasteiger partial charge in [0.15, 0.2) is 0 Å². The van der Waals surface area contributed by atoms with Crippen LogP contribution in [0.4, 0.5) is 10.1 Å². The number of piperidine rings is 1. The molecule has 1 fully saturated rings. The first-order valence-electron chi connectivity index (χ1n) is 8.18. The van der Waals surface area contributed by atoms with Gasteiger partial charge in [0.25, 0.3) is 0 Å². The Kier molecular flexibility index (Phi) is 5.11. The van der Waals surface area contributed by atoms with Crippen molar-refractivity contribution in [3.63, 3.8) is 0 Å². The Labute approximate surface area is 140 Å². The minimum atomic E-state index is -0.916. The van der Waals surface area contributed by atoms with Crippen molar-refractivity contribution in [2.24, 2.45) is 0 Å². The minimum Gasteiger partial charge on any atom is -0.478 e. The molecule has 0 saturated carbocycles. The summed E-state index contributed by atoms with van der Waals surface area (Å²) in [5.41, 5.74) is 1.89. The molecular weight excluding hydrogens is 307 g/mol. The molecule has 0 spiro atoms. The van der Waals surface area contributed by atoms with E-state index in [9.17, 15) is 9.18 Å². The van der Waals surface area contributed by atoms with Crippen LogP contribution in [0.3, 0.4) is 0 Å². The average Bonchev–Trinajstić information content (AvgIpc) is 2.61. The normalized spacial score (nSPS) is 17.7. The van der Waals surface area contributed by atoms with Gasteiger partial charge in [0.05, 0.1) is 11.3 Å². The first-order chi connectivity index (χ1) is 11.6. The predicted octanol–water partition coefficient (Wildman–Crippen LogP) is 3.28. The van der Waals surface area contributed by atoms with E-state index < -0.39 is 5.97 Å². The van der Waals surface area contributed by atoms with E-state index >= 15 is 0 Å². The summed E-state index contributed by atoms with van der Waals surface area (Å²) < 4.78 is 14.0. The van der Waals surface area contributed by atoms with Crippen LogP contribution in [0.1, 0.15) is 28.8 Å². The lowest BCUT2D eigenvalue weighted by molar-refractivity contribution is 0.0696. The number of halogens is 1. The molecule has 2 aromatic rings. The van der Waals surface area contributed by atoms with Crippen molar-refractivity contribution >= 4 is 11.7 Å².